The van der Waals surface area contributed by atoms with Gasteiger partial charge in [-0.05, 0) is 101 Å². The van der Waals surface area contributed by atoms with Gasteiger partial charge in [-0.25, -0.2) is 0 Å². The second kappa shape index (κ2) is 12.6. The number of benzene rings is 8. The lowest BCUT2D eigenvalue weighted by molar-refractivity contribution is 0.582. The van der Waals surface area contributed by atoms with Gasteiger partial charge in [-0.1, -0.05) is 127 Å². The first-order chi connectivity index (χ1) is 26.2. The Kier molecular flexibility index (Phi) is 7.38. The van der Waals surface area contributed by atoms with Crippen LogP contribution in [0.25, 0.3) is 49.7 Å². The SMILES string of the molecule is O=P1(c2ccccc2)N(c2ccccc2)c2ccc(-n3c4ccc(-c5ccccc5)cc4c4cc(-c5ccccc5)ccc43)cc2N1c1ccccc1. The van der Waals surface area contributed by atoms with Crippen LogP contribution < -0.4 is 14.6 Å². The average molecular weight is 700 g/mol. The molecule has 1 atom stereocenters. The van der Waals surface area contributed by atoms with Crippen LogP contribution in [0.15, 0.2) is 206 Å². The zero-order chi connectivity index (χ0) is 35.4. The highest BCUT2D eigenvalue weighted by atomic mass is 31.2. The highest BCUT2D eigenvalue weighted by molar-refractivity contribution is 7.76. The molecule has 0 radical (unpaired) electrons. The van der Waals surface area contributed by atoms with Gasteiger partial charge in [-0.2, -0.15) is 0 Å². The van der Waals surface area contributed by atoms with Crippen LogP contribution >= 0.6 is 7.44 Å². The van der Waals surface area contributed by atoms with Crippen molar-refractivity contribution in [2.45, 2.75) is 0 Å². The van der Waals surface area contributed by atoms with Crippen molar-refractivity contribution in [1.29, 1.82) is 0 Å². The third-order valence-electron chi connectivity index (χ3n) is 10.3. The maximum atomic E-state index is 16.1. The van der Waals surface area contributed by atoms with Crippen LogP contribution in [0.5, 0.6) is 0 Å². The molecule has 5 heteroatoms. The molecule has 8 aromatic carbocycles. The van der Waals surface area contributed by atoms with Crippen molar-refractivity contribution in [2.75, 3.05) is 9.34 Å². The Labute approximate surface area is 308 Å². The molecule has 0 saturated heterocycles. The maximum Gasteiger partial charge on any atom is 0.301 e. The number of nitrogens with zero attached hydrogens (tertiary/aromatic N) is 3. The minimum atomic E-state index is -3.49. The van der Waals surface area contributed by atoms with Gasteiger partial charge in [0.15, 0.2) is 0 Å². The Hall–Kier alpha value is -6.61. The third kappa shape index (κ3) is 5.03. The van der Waals surface area contributed by atoms with Gasteiger partial charge < -0.3 is 4.57 Å². The summed E-state index contributed by atoms with van der Waals surface area (Å²) in [4.78, 5) is 0. The summed E-state index contributed by atoms with van der Waals surface area (Å²) in [5, 5.41) is 3.13. The molecule has 0 bridgehead atoms. The number of hydrogen-bond acceptors (Lipinski definition) is 1. The van der Waals surface area contributed by atoms with Crippen LogP contribution in [-0.4, -0.2) is 4.57 Å². The molecule has 0 amide bonds. The Morgan fingerprint density at radius 2 is 0.774 bits per heavy atom. The lowest BCUT2D eigenvalue weighted by atomic mass is 10.0. The van der Waals surface area contributed by atoms with E-state index < -0.39 is 7.44 Å². The van der Waals surface area contributed by atoms with Crippen molar-refractivity contribution in [3.05, 3.63) is 206 Å². The summed E-state index contributed by atoms with van der Waals surface area (Å²) in [5.41, 5.74) is 11.5. The van der Waals surface area contributed by atoms with E-state index in [0.29, 0.717) is 0 Å². The zero-order valence-corrected chi connectivity index (χ0v) is 29.7. The van der Waals surface area contributed by atoms with E-state index in [1.54, 1.807) is 0 Å². The Morgan fingerprint density at radius 1 is 0.340 bits per heavy atom. The van der Waals surface area contributed by atoms with Gasteiger partial charge in [-0.15, -0.1) is 0 Å². The molecule has 53 heavy (non-hydrogen) atoms. The van der Waals surface area contributed by atoms with Gasteiger partial charge in [0.25, 0.3) is 0 Å². The fourth-order valence-electron chi connectivity index (χ4n) is 7.89. The molecule has 9 aromatic rings. The van der Waals surface area contributed by atoms with Crippen molar-refractivity contribution in [2.24, 2.45) is 0 Å². The minimum Gasteiger partial charge on any atom is -0.309 e. The standard InChI is InChI=1S/C48H34N3OP/c52-53(42-24-14-5-15-25-42)50(39-20-10-3-11-21-39)47-31-28-41(34-48(47)51(53)40-22-12-4-13-23-40)49-45-29-26-37(35-16-6-1-7-17-35)32-43(45)44-33-38(27-30-46(44)49)36-18-8-2-9-19-36/h1-34H. The molecule has 10 rings (SSSR count). The van der Waals surface area contributed by atoms with E-state index in [0.717, 1.165) is 44.8 Å². The molecule has 0 spiro atoms. The summed E-state index contributed by atoms with van der Waals surface area (Å²) in [6.45, 7) is 0. The topological polar surface area (TPSA) is 28.5 Å². The fraction of sp³-hybridized carbons (Fsp3) is 0. The molecule has 0 fully saturated rings. The van der Waals surface area contributed by atoms with Crippen LogP contribution in [0.3, 0.4) is 0 Å². The van der Waals surface area contributed by atoms with E-state index in [1.165, 1.54) is 33.0 Å². The van der Waals surface area contributed by atoms with Crippen LogP contribution in [0.1, 0.15) is 0 Å². The molecular formula is C48H34N3OP. The number of para-hydroxylation sites is 2. The van der Waals surface area contributed by atoms with Gasteiger partial charge in [0.1, 0.15) is 0 Å². The summed E-state index contributed by atoms with van der Waals surface area (Å²) < 4.78 is 22.6. The summed E-state index contributed by atoms with van der Waals surface area (Å²) >= 11 is 0. The Balaban J connectivity index is 1.24. The Bertz CT molecular complexity index is 2710. The van der Waals surface area contributed by atoms with Crippen molar-refractivity contribution in [3.8, 4) is 27.9 Å². The second-order valence-corrected chi connectivity index (χ2v) is 15.8. The smallest absolute Gasteiger partial charge is 0.301 e. The van der Waals surface area contributed by atoms with Gasteiger partial charge >= 0.3 is 7.44 Å². The number of fused-ring (bicyclic) bond motifs is 4. The third-order valence-corrected chi connectivity index (χ3v) is 13.2. The first kappa shape index (κ1) is 31.2. The van der Waals surface area contributed by atoms with Crippen LogP contribution in [0.4, 0.5) is 22.7 Å². The molecule has 0 N–H and O–H groups in total. The molecule has 1 aromatic heterocycles. The summed E-state index contributed by atoms with van der Waals surface area (Å²) in [5.74, 6) is 0. The normalized spacial score (nSPS) is 15.2. The summed E-state index contributed by atoms with van der Waals surface area (Å²) in [7, 11) is -3.49. The van der Waals surface area contributed by atoms with Gasteiger partial charge in [0, 0.05) is 27.8 Å². The number of hydrogen-bond donors (Lipinski definition) is 0. The van der Waals surface area contributed by atoms with Crippen molar-refractivity contribution in [3.63, 3.8) is 0 Å². The first-order valence-electron chi connectivity index (χ1n) is 17.9. The van der Waals surface area contributed by atoms with E-state index in [4.69, 9.17) is 0 Å². The van der Waals surface area contributed by atoms with Crippen molar-refractivity contribution >= 4 is 57.3 Å². The van der Waals surface area contributed by atoms with Crippen molar-refractivity contribution < 1.29 is 4.57 Å². The summed E-state index contributed by atoms with van der Waals surface area (Å²) in [6, 6.07) is 71.4. The maximum absolute atomic E-state index is 16.1. The second-order valence-electron chi connectivity index (χ2n) is 13.4. The average Bonchev–Trinajstić information content (AvgIpc) is 3.70. The minimum absolute atomic E-state index is 0.768. The van der Waals surface area contributed by atoms with E-state index in [1.807, 2.05) is 78.9 Å². The summed E-state index contributed by atoms with van der Waals surface area (Å²) in [6.07, 6.45) is 0. The lowest BCUT2D eigenvalue weighted by Gasteiger charge is -2.33. The molecule has 252 valence electrons. The predicted octanol–water partition coefficient (Wildman–Crippen LogP) is 12.9. The Morgan fingerprint density at radius 3 is 1.26 bits per heavy atom. The van der Waals surface area contributed by atoms with Gasteiger partial charge in [0.2, 0.25) is 0 Å². The first-order valence-corrected chi connectivity index (χ1v) is 19.5. The molecule has 4 nitrogen and oxygen atoms in total. The van der Waals surface area contributed by atoms with Gasteiger partial charge in [-0.3, -0.25) is 13.9 Å². The van der Waals surface area contributed by atoms with Crippen LogP contribution in [0.2, 0.25) is 0 Å². The highest BCUT2D eigenvalue weighted by Gasteiger charge is 2.49. The lowest BCUT2D eigenvalue weighted by Crippen LogP contribution is -2.26. The van der Waals surface area contributed by atoms with E-state index in [2.05, 4.69) is 141 Å². The molecule has 0 aliphatic carbocycles. The quantitative estimate of drug-likeness (QED) is 0.162. The largest absolute Gasteiger partial charge is 0.309 e. The van der Waals surface area contributed by atoms with E-state index in [9.17, 15) is 0 Å². The zero-order valence-electron chi connectivity index (χ0n) is 28.8. The highest BCUT2D eigenvalue weighted by Crippen LogP contribution is 2.70. The van der Waals surface area contributed by atoms with Gasteiger partial charge in [0.05, 0.1) is 27.7 Å². The van der Waals surface area contributed by atoms with Crippen molar-refractivity contribution in [1.82, 2.24) is 4.57 Å². The molecule has 1 unspecified atom stereocenters. The monoisotopic (exact) mass is 699 g/mol. The molecule has 1 aliphatic heterocycles. The van der Waals surface area contributed by atoms with Crippen LogP contribution in [0, 0.1) is 0 Å². The number of anilines is 4. The predicted molar refractivity (Wildman–Crippen MR) is 222 cm³/mol. The molecule has 1 aliphatic rings. The molecule has 2 heterocycles. The van der Waals surface area contributed by atoms with E-state index >= 15 is 4.57 Å². The molecular weight excluding hydrogens is 666 g/mol. The number of aromatic nitrogens is 1. The van der Waals surface area contributed by atoms with E-state index in [-0.39, 0.29) is 0 Å². The van der Waals surface area contributed by atoms with Crippen LogP contribution in [-0.2, 0) is 4.57 Å². The number of rotatable bonds is 6. The fourth-order valence-corrected chi connectivity index (χ4v) is 10.9. The molecule has 0 saturated carbocycles.